The van der Waals surface area contributed by atoms with Crippen LogP contribution in [-0.4, -0.2) is 57.9 Å². The predicted octanol–water partition coefficient (Wildman–Crippen LogP) is 3.64. The van der Waals surface area contributed by atoms with Crippen molar-refractivity contribution in [3.63, 3.8) is 0 Å². The zero-order chi connectivity index (χ0) is 21.6. The average Bonchev–Trinajstić information content (AvgIpc) is 2.95. The molecule has 1 aromatic carbocycles. The van der Waals surface area contributed by atoms with Gasteiger partial charge in [-0.15, -0.1) is 0 Å². The summed E-state index contributed by atoms with van der Waals surface area (Å²) in [5, 5.41) is 19.6. The Labute approximate surface area is 179 Å². The van der Waals surface area contributed by atoms with Gasteiger partial charge in [-0.3, -0.25) is 14.4 Å². The highest BCUT2D eigenvalue weighted by Crippen LogP contribution is 2.24. The number of hydrogen-bond donors (Lipinski definition) is 2. The molecule has 0 spiro atoms. The maximum atomic E-state index is 12.7. The zero-order valence-corrected chi connectivity index (χ0v) is 17.7. The molecule has 2 N–H and O–H groups in total. The van der Waals surface area contributed by atoms with Crippen LogP contribution >= 0.6 is 23.2 Å². The summed E-state index contributed by atoms with van der Waals surface area (Å²) in [6.45, 7) is 0.720. The molecule has 0 aliphatic carbocycles. The Bertz CT molecular complexity index is 825. The molecule has 7 nitrogen and oxygen atoms in total. The smallest absolute Gasteiger partial charge is 0.303 e. The van der Waals surface area contributed by atoms with Crippen LogP contribution in [0.1, 0.15) is 37.7 Å². The van der Waals surface area contributed by atoms with E-state index >= 15 is 0 Å². The molecule has 0 atom stereocenters. The third kappa shape index (κ3) is 6.37. The maximum Gasteiger partial charge on any atom is 0.303 e. The minimum absolute atomic E-state index is 0.0599. The summed E-state index contributed by atoms with van der Waals surface area (Å²) in [5.74, 6) is -2.31. The lowest BCUT2D eigenvalue weighted by atomic mass is 10.1. The lowest BCUT2D eigenvalue weighted by molar-refractivity contribution is -0.137. The van der Waals surface area contributed by atoms with E-state index in [2.05, 4.69) is 0 Å². The molecule has 0 saturated carbocycles. The fourth-order valence-electron chi connectivity index (χ4n) is 3.11. The lowest BCUT2D eigenvalue weighted by Crippen LogP contribution is -2.32. The number of hydrogen-bond acceptors (Lipinski definition) is 4. The molecule has 29 heavy (non-hydrogen) atoms. The zero-order valence-electron chi connectivity index (χ0n) is 16.2. The molecule has 0 radical (unpaired) electrons. The van der Waals surface area contributed by atoms with Crippen LogP contribution in [-0.2, 0) is 20.9 Å². The van der Waals surface area contributed by atoms with Crippen molar-refractivity contribution in [2.75, 3.05) is 20.1 Å². The van der Waals surface area contributed by atoms with E-state index < -0.39 is 23.5 Å². The van der Waals surface area contributed by atoms with Crippen molar-refractivity contribution in [2.24, 2.45) is 0 Å². The monoisotopic (exact) mass is 442 g/mol. The van der Waals surface area contributed by atoms with E-state index in [4.69, 9.17) is 28.3 Å². The first kappa shape index (κ1) is 23.0. The third-order valence-electron chi connectivity index (χ3n) is 4.70. The second kappa shape index (κ2) is 10.5. The number of carbonyl (C=O) groups excluding carboxylic acids is 2. The van der Waals surface area contributed by atoms with Crippen LogP contribution in [0.3, 0.4) is 0 Å². The summed E-state index contributed by atoms with van der Waals surface area (Å²) in [6, 6.07) is 5.06. The van der Waals surface area contributed by atoms with Crippen molar-refractivity contribution in [1.82, 2.24) is 9.80 Å². The van der Waals surface area contributed by atoms with Gasteiger partial charge in [-0.25, -0.2) is 0 Å². The third-order valence-corrected chi connectivity index (χ3v) is 5.44. The van der Waals surface area contributed by atoms with Crippen molar-refractivity contribution in [1.29, 1.82) is 0 Å². The summed E-state index contributed by atoms with van der Waals surface area (Å²) in [7, 11) is 1.58. The van der Waals surface area contributed by atoms with Crippen molar-refractivity contribution >= 4 is 41.0 Å². The van der Waals surface area contributed by atoms with E-state index in [-0.39, 0.29) is 25.1 Å². The number of rotatable bonds is 10. The van der Waals surface area contributed by atoms with Crippen molar-refractivity contribution in [2.45, 2.75) is 38.6 Å². The van der Waals surface area contributed by atoms with Gasteiger partial charge < -0.3 is 20.0 Å². The number of carbonyl (C=O) groups is 3. The van der Waals surface area contributed by atoms with Gasteiger partial charge in [0.1, 0.15) is 0 Å². The Hall–Kier alpha value is -2.25. The van der Waals surface area contributed by atoms with Gasteiger partial charge in [0, 0.05) is 26.6 Å². The number of nitrogens with zero attached hydrogens (tertiary/aromatic N) is 2. The van der Waals surface area contributed by atoms with E-state index in [9.17, 15) is 19.5 Å². The average molecular weight is 443 g/mol. The van der Waals surface area contributed by atoms with Crippen LogP contribution in [0.2, 0.25) is 10.0 Å². The second-order valence-electron chi connectivity index (χ2n) is 7.02. The van der Waals surface area contributed by atoms with Gasteiger partial charge in [0.15, 0.2) is 5.76 Å². The molecule has 0 unspecified atom stereocenters. The standard InChI is InChI=1S/C20H24Cl2N2O5/c1-23(11-13-7-8-15(21)16(22)10-13)19(28)14-12-24(20(29)18(14)27)9-5-3-2-4-6-17(25)26/h7-8,10,27H,2-6,9,11-12H2,1H3,(H,25,26). The number of aliphatic hydroxyl groups is 1. The molecule has 2 amide bonds. The molecular formula is C20H24Cl2N2O5. The Balaban J connectivity index is 1.87. The summed E-state index contributed by atoms with van der Waals surface area (Å²) in [5.41, 5.74) is 0.848. The molecule has 0 aromatic heterocycles. The highest BCUT2D eigenvalue weighted by Gasteiger charge is 2.34. The van der Waals surface area contributed by atoms with Crippen LogP contribution in [0.4, 0.5) is 0 Å². The largest absolute Gasteiger partial charge is 0.503 e. The summed E-state index contributed by atoms with van der Waals surface area (Å²) >= 11 is 11.9. The van der Waals surface area contributed by atoms with Crippen molar-refractivity contribution < 1.29 is 24.6 Å². The quantitative estimate of drug-likeness (QED) is 0.538. The summed E-state index contributed by atoms with van der Waals surface area (Å²) < 4.78 is 0. The molecule has 0 bridgehead atoms. The van der Waals surface area contributed by atoms with E-state index in [1.165, 1.54) is 9.80 Å². The summed E-state index contributed by atoms with van der Waals surface area (Å²) in [6.07, 6.45) is 2.94. The molecule has 9 heteroatoms. The molecule has 2 rings (SSSR count). The molecule has 1 heterocycles. The first-order chi connectivity index (χ1) is 13.7. The molecule has 0 saturated heterocycles. The number of carboxylic acids is 1. The van der Waals surface area contributed by atoms with E-state index in [1.54, 1.807) is 25.2 Å². The van der Waals surface area contributed by atoms with Crippen LogP contribution in [0.25, 0.3) is 0 Å². The Morgan fingerprint density at radius 3 is 2.48 bits per heavy atom. The minimum Gasteiger partial charge on any atom is -0.503 e. The minimum atomic E-state index is -0.818. The van der Waals surface area contributed by atoms with E-state index in [1.807, 2.05) is 0 Å². The molecular weight excluding hydrogens is 419 g/mol. The Morgan fingerprint density at radius 2 is 1.83 bits per heavy atom. The van der Waals surface area contributed by atoms with Gasteiger partial charge >= 0.3 is 5.97 Å². The number of unbranched alkanes of at least 4 members (excludes halogenated alkanes) is 3. The van der Waals surface area contributed by atoms with Gasteiger partial charge in [0.05, 0.1) is 22.2 Å². The SMILES string of the molecule is CN(Cc1ccc(Cl)c(Cl)c1)C(=O)C1=C(O)C(=O)N(CCCCCCC(=O)O)C1. The lowest BCUT2D eigenvalue weighted by Gasteiger charge is -2.19. The van der Waals surface area contributed by atoms with Crippen molar-refractivity contribution in [3.05, 3.63) is 45.1 Å². The highest BCUT2D eigenvalue weighted by molar-refractivity contribution is 6.42. The van der Waals surface area contributed by atoms with E-state index in [0.29, 0.717) is 29.4 Å². The van der Waals surface area contributed by atoms with Crippen LogP contribution in [0, 0.1) is 0 Å². The van der Waals surface area contributed by atoms with Gasteiger partial charge in [-0.05, 0) is 30.5 Å². The molecule has 158 valence electrons. The maximum absolute atomic E-state index is 12.7. The molecule has 1 aromatic rings. The number of carboxylic acid groups (broad SMARTS) is 1. The molecule has 0 fully saturated rings. The van der Waals surface area contributed by atoms with Gasteiger partial charge in [-0.1, -0.05) is 42.1 Å². The number of amides is 2. The normalized spacial score (nSPS) is 13.9. The number of aliphatic carboxylic acids is 1. The van der Waals surface area contributed by atoms with Gasteiger partial charge in [-0.2, -0.15) is 0 Å². The Morgan fingerprint density at radius 1 is 1.14 bits per heavy atom. The predicted molar refractivity (Wildman–Crippen MR) is 110 cm³/mol. The number of likely N-dealkylation sites (N-methyl/N-ethyl adjacent to an activating group) is 1. The number of aliphatic hydroxyl groups excluding tert-OH is 1. The number of benzene rings is 1. The first-order valence-corrected chi connectivity index (χ1v) is 10.1. The number of halogens is 2. The van der Waals surface area contributed by atoms with Gasteiger partial charge in [0.2, 0.25) is 0 Å². The van der Waals surface area contributed by atoms with Crippen molar-refractivity contribution in [3.8, 4) is 0 Å². The first-order valence-electron chi connectivity index (χ1n) is 9.33. The van der Waals surface area contributed by atoms with Gasteiger partial charge in [0.25, 0.3) is 11.8 Å². The molecule has 1 aliphatic heterocycles. The molecule has 1 aliphatic rings. The fraction of sp³-hybridized carbons (Fsp3) is 0.450. The summed E-state index contributed by atoms with van der Waals surface area (Å²) in [4.78, 5) is 38.3. The second-order valence-corrected chi connectivity index (χ2v) is 7.84. The Kier molecular flexibility index (Phi) is 8.34. The van der Waals surface area contributed by atoms with Crippen LogP contribution < -0.4 is 0 Å². The highest BCUT2D eigenvalue weighted by atomic mass is 35.5. The van der Waals surface area contributed by atoms with E-state index in [0.717, 1.165) is 18.4 Å². The fourth-order valence-corrected chi connectivity index (χ4v) is 3.43. The van der Waals surface area contributed by atoms with Crippen LogP contribution in [0.5, 0.6) is 0 Å². The topological polar surface area (TPSA) is 98.2 Å². The van der Waals surface area contributed by atoms with Crippen LogP contribution in [0.15, 0.2) is 29.5 Å².